The van der Waals surface area contributed by atoms with E-state index in [0.29, 0.717) is 26.3 Å². The Morgan fingerprint density at radius 1 is 1.19 bits per heavy atom. The maximum absolute atomic E-state index is 9.48. The van der Waals surface area contributed by atoms with Crippen LogP contribution in [0.4, 0.5) is 0 Å². The van der Waals surface area contributed by atoms with E-state index in [1.807, 2.05) is 30.3 Å². The molecule has 2 N–H and O–H groups in total. The fraction of sp³-hybridized carbons (Fsp3) is 0.500. The van der Waals surface area contributed by atoms with Crippen molar-refractivity contribution in [2.24, 2.45) is 0 Å². The smallest absolute Gasteiger partial charge is 0.119 e. The highest BCUT2D eigenvalue weighted by atomic mass is 16.5. The number of aliphatic hydroxyl groups is 1. The van der Waals surface area contributed by atoms with Gasteiger partial charge < -0.3 is 19.9 Å². The lowest BCUT2D eigenvalue weighted by atomic mass is 10.3. The average Bonchev–Trinajstić information content (AvgIpc) is 2.72. The molecule has 2 unspecified atom stereocenters. The van der Waals surface area contributed by atoms with Gasteiger partial charge in [-0.05, 0) is 12.1 Å². The van der Waals surface area contributed by atoms with Gasteiger partial charge in [-0.25, -0.2) is 0 Å². The first-order chi connectivity index (χ1) is 7.86. The zero-order chi connectivity index (χ0) is 11.2. The lowest BCUT2D eigenvalue weighted by Gasteiger charge is -2.14. The minimum absolute atomic E-state index is 0.0978. The second-order valence-corrected chi connectivity index (χ2v) is 3.80. The van der Waals surface area contributed by atoms with Gasteiger partial charge in [0, 0.05) is 13.1 Å². The summed E-state index contributed by atoms with van der Waals surface area (Å²) < 4.78 is 11.0. The van der Waals surface area contributed by atoms with Gasteiger partial charge in [0.25, 0.3) is 0 Å². The van der Waals surface area contributed by atoms with E-state index >= 15 is 0 Å². The van der Waals surface area contributed by atoms with E-state index in [9.17, 15) is 5.11 Å². The van der Waals surface area contributed by atoms with Gasteiger partial charge in [0.05, 0.1) is 18.8 Å². The summed E-state index contributed by atoms with van der Waals surface area (Å²) in [4.78, 5) is 0. The summed E-state index contributed by atoms with van der Waals surface area (Å²) in [6.45, 7) is 2.34. The van der Waals surface area contributed by atoms with E-state index in [0.717, 1.165) is 5.75 Å². The minimum Gasteiger partial charge on any atom is -0.491 e. The van der Waals surface area contributed by atoms with E-state index in [2.05, 4.69) is 5.32 Å². The number of ether oxygens (including phenoxy) is 2. The van der Waals surface area contributed by atoms with E-state index < -0.39 is 6.10 Å². The molecule has 0 spiro atoms. The zero-order valence-electron chi connectivity index (χ0n) is 9.13. The van der Waals surface area contributed by atoms with Gasteiger partial charge >= 0.3 is 0 Å². The standard InChI is InChI=1S/C12H17NO3/c14-11-8-13-9-12(11)16-7-6-15-10-4-2-1-3-5-10/h1-5,11-14H,6-9H2. The molecular weight excluding hydrogens is 206 g/mol. The molecule has 1 aromatic carbocycles. The summed E-state index contributed by atoms with van der Waals surface area (Å²) in [5.41, 5.74) is 0. The van der Waals surface area contributed by atoms with Crippen molar-refractivity contribution in [1.82, 2.24) is 5.32 Å². The Hall–Kier alpha value is -1.10. The van der Waals surface area contributed by atoms with Gasteiger partial charge in [-0.15, -0.1) is 0 Å². The van der Waals surface area contributed by atoms with E-state index in [1.165, 1.54) is 0 Å². The van der Waals surface area contributed by atoms with Crippen LogP contribution in [0.3, 0.4) is 0 Å². The van der Waals surface area contributed by atoms with Gasteiger partial charge in [0.1, 0.15) is 12.4 Å². The van der Waals surface area contributed by atoms with Crippen molar-refractivity contribution >= 4 is 0 Å². The van der Waals surface area contributed by atoms with Crippen LogP contribution < -0.4 is 10.1 Å². The Morgan fingerprint density at radius 3 is 2.69 bits per heavy atom. The van der Waals surface area contributed by atoms with Crippen molar-refractivity contribution in [3.8, 4) is 5.75 Å². The number of hydrogen-bond acceptors (Lipinski definition) is 4. The van der Waals surface area contributed by atoms with Crippen LogP contribution in [0.1, 0.15) is 0 Å². The van der Waals surface area contributed by atoms with Gasteiger partial charge in [0.15, 0.2) is 0 Å². The van der Waals surface area contributed by atoms with Gasteiger partial charge in [-0.2, -0.15) is 0 Å². The molecule has 1 aromatic rings. The quantitative estimate of drug-likeness (QED) is 0.710. The molecular formula is C12H17NO3. The molecule has 0 saturated carbocycles. The number of aliphatic hydroxyl groups excluding tert-OH is 1. The molecule has 1 fully saturated rings. The molecule has 1 heterocycles. The Kier molecular flexibility index (Phi) is 4.16. The van der Waals surface area contributed by atoms with Crippen molar-refractivity contribution in [2.75, 3.05) is 26.3 Å². The molecule has 1 aliphatic rings. The average molecular weight is 223 g/mol. The van der Waals surface area contributed by atoms with Crippen LogP contribution in [0, 0.1) is 0 Å². The second-order valence-electron chi connectivity index (χ2n) is 3.80. The number of hydrogen-bond donors (Lipinski definition) is 2. The van der Waals surface area contributed by atoms with Crippen molar-refractivity contribution in [3.05, 3.63) is 30.3 Å². The Balaban J connectivity index is 1.62. The van der Waals surface area contributed by atoms with E-state index in [-0.39, 0.29) is 6.10 Å². The third-order valence-corrected chi connectivity index (χ3v) is 2.56. The molecule has 0 aliphatic carbocycles. The maximum Gasteiger partial charge on any atom is 0.119 e. The number of benzene rings is 1. The molecule has 2 rings (SSSR count). The summed E-state index contributed by atoms with van der Waals surface area (Å²) in [6, 6.07) is 9.63. The number of nitrogens with one attached hydrogen (secondary N) is 1. The Bertz CT molecular complexity index is 304. The van der Waals surface area contributed by atoms with Gasteiger partial charge in [-0.3, -0.25) is 0 Å². The molecule has 2 atom stereocenters. The normalized spacial score (nSPS) is 24.6. The Labute approximate surface area is 95.2 Å². The third kappa shape index (κ3) is 3.20. The zero-order valence-corrected chi connectivity index (χ0v) is 9.13. The highest BCUT2D eigenvalue weighted by Gasteiger charge is 2.25. The van der Waals surface area contributed by atoms with Crippen LogP contribution >= 0.6 is 0 Å². The summed E-state index contributed by atoms with van der Waals surface area (Å²) in [5.74, 6) is 0.844. The number of para-hydroxylation sites is 1. The third-order valence-electron chi connectivity index (χ3n) is 2.56. The van der Waals surface area contributed by atoms with E-state index in [1.54, 1.807) is 0 Å². The van der Waals surface area contributed by atoms with Crippen LogP contribution in [0.25, 0.3) is 0 Å². The van der Waals surface area contributed by atoms with Crippen molar-refractivity contribution < 1.29 is 14.6 Å². The number of rotatable bonds is 5. The first-order valence-corrected chi connectivity index (χ1v) is 5.54. The highest BCUT2D eigenvalue weighted by Crippen LogP contribution is 2.08. The van der Waals surface area contributed by atoms with Gasteiger partial charge in [0.2, 0.25) is 0 Å². The van der Waals surface area contributed by atoms with Crippen LogP contribution in [-0.2, 0) is 4.74 Å². The lowest BCUT2D eigenvalue weighted by Crippen LogP contribution is -2.28. The summed E-state index contributed by atoms with van der Waals surface area (Å²) >= 11 is 0. The molecule has 0 bridgehead atoms. The fourth-order valence-corrected chi connectivity index (χ4v) is 1.69. The monoisotopic (exact) mass is 223 g/mol. The van der Waals surface area contributed by atoms with Gasteiger partial charge in [-0.1, -0.05) is 18.2 Å². The summed E-state index contributed by atoms with van der Waals surface area (Å²) in [7, 11) is 0. The molecule has 4 nitrogen and oxygen atoms in total. The predicted molar refractivity (Wildman–Crippen MR) is 60.6 cm³/mol. The summed E-state index contributed by atoms with van der Waals surface area (Å²) in [6.07, 6.45) is -0.490. The fourth-order valence-electron chi connectivity index (χ4n) is 1.69. The van der Waals surface area contributed by atoms with Crippen LogP contribution in [0.15, 0.2) is 30.3 Å². The molecule has 1 saturated heterocycles. The first kappa shape index (κ1) is 11.4. The molecule has 0 radical (unpaired) electrons. The molecule has 88 valence electrons. The second kappa shape index (κ2) is 5.84. The Morgan fingerprint density at radius 2 is 2.00 bits per heavy atom. The first-order valence-electron chi connectivity index (χ1n) is 5.54. The molecule has 0 aromatic heterocycles. The number of β-amino-alcohol motifs (C(OH)–C–C–N with tert-alkyl or cyclic N) is 1. The molecule has 1 aliphatic heterocycles. The minimum atomic E-state index is -0.392. The van der Waals surface area contributed by atoms with Crippen LogP contribution in [-0.4, -0.2) is 43.6 Å². The summed E-state index contributed by atoms with van der Waals surface area (Å²) in [5, 5.41) is 12.5. The SMILES string of the molecule is OC1CNCC1OCCOc1ccccc1. The van der Waals surface area contributed by atoms with Crippen LogP contribution in [0.2, 0.25) is 0 Å². The predicted octanol–water partition coefficient (Wildman–Crippen LogP) is 0.415. The topological polar surface area (TPSA) is 50.7 Å². The van der Waals surface area contributed by atoms with E-state index in [4.69, 9.17) is 9.47 Å². The largest absolute Gasteiger partial charge is 0.491 e. The van der Waals surface area contributed by atoms with Crippen molar-refractivity contribution in [2.45, 2.75) is 12.2 Å². The van der Waals surface area contributed by atoms with Crippen molar-refractivity contribution in [1.29, 1.82) is 0 Å². The van der Waals surface area contributed by atoms with Crippen LogP contribution in [0.5, 0.6) is 5.75 Å². The molecule has 0 amide bonds. The van der Waals surface area contributed by atoms with Crippen molar-refractivity contribution in [3.63, 3.8) is 0 Å². The lowest BCUT2D eigenvalue weighted by molar-refractivity contribution is -0.0178. The maximum atomic E-state index is 9.48. The highest BCUT2D eigenvalue weighted by molar-refractivity contribution is 5.20. The molecule has 16 heavy (non-hydrogen) atoms. The molecule has 4 heteroatoms.